The van der Waals surface area contributed by atoms with Gasteiger partial charge in [-0.05, 0) is 17.7 Å². The smallest absolute Gasteiger partial charge is 0.325 e. The van der Waals surface area contributed by atoms with E-state index in [-0.39, 0.29) is 0 Å². The Labute approximate surface area is 99.2 Å². The molecule has 2 unspecified atom stereocenters. The SMILES string of the molecule is O=C(O)C(NC1CCSC1)c1ccccc1. The van der Waals surface area contributed by atoms with Crippen LogP contribution in [0.5, 0.6) is 0 Å². The number of hydrogen-bond acceptors (Lipinski definition) is 3. The number of hydrogen-bond donors (Lipinski definition) is 2. The third-order valence-electron chi connectivity index (χ3n) is 2.71. The van der Waals surface area contributed by atoms with E-state index in [0.717, 1.165) is 23.5 Å². The summed E-state index contributed by atoms with van der Waals surface area (Å²) in [5, 5.41) is 12.4. The van der Waals surface area contributed by atoms with Gasteiger partial charge in [0.15, 0.2) is 0 Å². The molecule has 2 atom stereocenters. The number of aliphatic carboxylic acids is 1. The van der Waals surface area contributed by atoms with Gasteiger partial charge in [-0.15, -0.1) is 0 Å². The van der Waals surface area contributed by atoms with E-state index >= 15 is 0 Å². The highest BCUT2D eigenvalue weighted by Gasteiger charge is 2.25. The normalized spacial score (nSPS) is 21.9. The largest absolute Gasteiger partial charge is 0.480 e. The second-order valence-corrected chi connectivity index (χ2v) is 5.06. The monoisotopic (exact) mass is 237 g/mol. The predicted molar refractivity (Wildman–Crippen MR) is 65.7 cm³/mol. The van der Waals surface area contributed by atoms with Crippen molar-refractivity contribution in [3.05, 3.63) is 35.9 Å². The summed E-state index contributed by atoms with van der Waals surface area (Å²) in [5.41, 5.74) is 0.826. The molecule has 0 saturated carbocycles. The summed E-state index contributed by atoms with van der Waals surface area (Å²) in [6, 6.07) is 9.10. The molecule has 0 radical (unpaired) electrons. The van der Waals surface area contributed by atoms with Crippen molar-refractivity contribution in [2.75, 3.05) is 11.5 Å². The molecule has 86 valence electrons. The average Bonchev–Trinajstić information content (AvgIpc) is 2.79. The molecular formula is C12H15NO2S. The fraction of sp³-hybridized carbons (Fsp3) is 0.417. The number of carboxylic acid groups (broad SMARTS) is 1. The maximum Gasteiger partial charge on any atom is 0.325 e. The molecule has 0 aromatic heterocycles. The van der Waals surface area contributed by atoms with Gasteiger partial charge in [-0.25, -0.2) is 0 Å². The van der Waals surface area contributed by atoms with E-state index < -0.39 is 12.0 Å². The Bertz CT molecular complexity index is 349. The lowest BCUT2D eigenvalue weighted by atomic mass is 10.1. The maximum atomic E-state index is 11.2. The van der Waals surface area contributed by atoms with Gasteiger partial charge in [0, 0.05) is 11.8 Å². The molecule has 3 nitrogen and oxygen atoms in total. The van der Waals surface area contributed by atoms with Gasteiger partial charge in [-0.2, -0.15) is 11.8 Å². The first-order valence-corrected chi connectivity index (χ1v) is 6.54. The number of carbonyl (C=O) groups is 1. The van der Waals surface area contributed by atoms with Crippen molar-refractivity contribution in [3.8, 4) is 0 Å². The van der Waals surface area contributed by atoms with Gasteiger partial charge in [-0.1, -0.05) is 30.3 Å². The van der Waals surface area contributed by atoms with E-state index in [9.17, 15) is 9.90 Å². The van der Waals surface area contributed by atoms with Crippen molar-refractivity contribution < 1.29 is 9.90 Å². The van der Waals surface area contributed by atoms with Gasteiger partial charge in [0.25, 0.3) is 0 Å². The van der Waals surface area contributed by atoms with Crippen LogP contribution < -0.4 is 5.32 Å². The molecule has 0 aliphatic carbocycles. The van der Waals surface area contributed by atoms with Crippen LogP contribution in [-0.4, -0.2) is 28.6 Å². The molecular weight excluding hydrogens is 222 g/mol. The molecule has 1 aliphatic heterocycles. The highest BCUT2D eigenvalue weighted by atomic mass is 32.2. The first-order chi connectivity index (χ1) is 7.77. The van der Waals surface area contributed by atoms with E-state index in [1.165, 1.54) is 0 Å². The summed E-state index contributed by atoms with van der Waals surface area (Å²) < 4.78 is 0. The van der Waals surface area contributed by atoms with E-state index in [2.05, 4.69) is 5.32 Å². The van der Waals surface area contributed by atoms with Crippen LogP contribution in [0.15, 0.2) is 30.3 Å². The lowest BCUT2D eigenvalue weighted by Gasteiger charge is -2.19. The summed E-state index contributed by atoms with van der Waals surface area (Å²) >= 11 is 1.88. The summed E-state index contributed by atoms with van der Waals surface area (Å²) in [4.78, 5) is 11.2. The first kappa shape index (κ1) is 11.5. The molecule has 2 N–H and O–H groups in total. The van der Waals surface area contributed by atoms with Crippen LogP contribution in [0.1, 0.15) is 18.0 Å². The third kappa shape index (κ3) is 2.77. The maximum absolute atomic E-state index is 11.2. The molecule has 4 heteroatoms. The Morgan fingerprint density at radius 1 is 1.44 bits per heavy atom. The van der Waals surface area contributed by atoms with Crippen LogP contribution in [0.25, 0.3) is 0 Å². The van der Waals surface area contributed by atoms with Crippen LogP contribution >= 0.6 is 11.8 Å². The second kappa shape index (κ2) is 5.37. The van der Waals surface area contributed by atoms with E-state index in [4.69, 9.17) is 0 Å². The molecule has 0 bridgehead atoms. The van der Waals surface area contributed by atoms with Crippen molar-refractivity contribution in [2.45, 2.75) is 18.5 Å². The predicted octanol–water partition coefficient (Wildman–Crippen LogP) is 1.91. The second-order valence-electron chi connectivity index (χ2n) is 3.91. The van der Waals surface area contributed by atoms with E-state index in [1.54, 1.807) is 0 Å². The highest BCUT2D eigenvalue weighted by molar-refractivity contribution is 7.99. The standard InChI is InChI=1S/C12H15NO2S/c14-12(15)11(9-4-2-1-3-5-9)13-10-6-7-16-8-10/h1-5,10-11,13H,6-8H2,(H,14,15). The van der Waals surface area contributed by atoms with Crippen LogP contribution in [0.4, 0.5) is 0 Å². The van der Waals surface area contributed by atoms with Crippen molar-refractivity contribution in [1.82, 2.24) is 5.32 Å². The highest BCUT2D eigenvalue weighted by Crippen LogP contribution is 2.21. The Hall–Kier alpha value is -1.00. The number of rotatable bonds is 4. The number of nitrogens with one attached hydrogen (secondary N) is 1. The van der Waals surface area contributed by atoms with Crippen molar-refractivity contribution >= 4 is 17.7 Å². The summed E-state index contributed by atoms with van der Waals surface area (Å²) in [7, 11) is 0. The van der Waals surface area contributed by atoms with Crippen LogP contribution in [-0.2, 0) is 4.79 Å². The lowest BCUT2D eigenvalue weighted by molar-refractivity contribution is -0.139. The molecule has 0 spiro atoms. The van der Waals surface area contributed by atoms with Gasteiger partial charge in [0.05, 0.1) is 0 Å². The van der Waals surface area contributed by atoms with Crippen molar-refractivity contribution in [1.29, 1.82) is 0 Å². The van der Waals surface area contributed by atoms with Gasteiger partial charge in [0.2, 0.25) is 0 Å². The van der Waals surface area contributed by atoms with Gasteiger partial charge in [0.1, 0.15) is 6.04 Å². The lowest BCUT2D eigenvalue weighted by Crippen LogP contribution is -2.37. The molecule has 0 amide bonds. The third-order valence-corrected chi connectivity index (χ3v) is 3.87. The summed E-state index contributed by atoms with van der Waals surface area (Å²) in [5.74, 6) is 1.33. The summed E-state index contributed by atoms with van der Waals surface area (Å²) in [6.07, 6.45) is 1.06. The molecule has 1 saturated heterocycles. The van der Waals surface area contributed by atoms with Crippen molar-refractivity contribution in [2.24, 2.45) is 0 Å². The Morgan fingerprint density at radius 2 is 2.19 bits per heavy atom. The van der Waals surface area contributed by atoms with Gasteiger partial charge >= 0.3 is 5.97 Å². The zero-order chi connectivity index (χ0) is 11.4. The minimum absolute atomic E-state index is 0.325. The molecule has 1 heterocycles. The minimum Gasteiger partial charge on any atom is -0.480 e. The molecule has 16 heavy (non-hydrogen) atoms. The fourth-order valence-electron chi connectivity index (χ4n) is 1.86. The average molecular weight is 237 g/mol. The quantitative estimate of drug-likeness (QED) is 0.840. The Morgan fingerprint density at radius 3 is 2.75 bits per heavy atom. The van der Waals surface area contributed by atoms with E-state index in [0.29, 0.717) is 6.04 Å². The molecule has 1 fully saturated rings. The molecule has 2 rings (SSSR count). The Balaban J connectivity index is 2.08. The number of benzene rings is 1. The topological polar surface area (TPSA) is 49.3 Å². The van der Waals surface area contributed by atoms with Gasteiger partial charge < -0.3 is 5.11 Å². The van der Waals surface area contributed by atoms with E-state index in [1.807, 2.05) is 42.1 Å². The first-order valence-electron chi connectivity index (χ1n) is 5.39. The van der Waals surface area contributed by atoms with Crippen molar-refractivity contribution in [3.63, 3.8) is 0 Å². The number of thioether (sulfide) groups is 1. The zero-order valence-corrected chi connectivity index (χ0v) is 9.74. The van der Waals surface area contributed by atoms with Gasteiger partial charge in [-0.3, -0.25) is 10.1 Å². The minimum atomic E-state index is -0.803. The Kier molecular flexibility index (Phi) is 3.85. The number of carboxylic acids is 1. The van der Waals surface area contributed by atoms with Crippen LogP contribution in [0.2, 0.25) is 0 Å². The van der Waals surface area contributed by atoms with Crippen LogP contribution in [0.3, 0.4) is 0 Å². The zero-order valence-electron chi connectivity index (χ0n) is 8.93. The molecule has 1 aliphatic rings. The molecule has 1 aromatic carbocycles. The summed E-state index contributed by atoms with van der Waals surface area (Å²) in [6.45, 7) is 0. The fourth-order valence-corrected chi connectivity index (χ4v) is 3.02. The van der Waals surface area contributed by atoms with Crippen LogP contribution in [0, 0.1) is 0 Å². The molecule has 1 aromatic rings.